The van der Waals surface area contributed by atoms with Crippen LogP contribution in [0.15, 0.2) is 35.5 Å². The first-order valence-electron chi connectivity index (χ1n) is 6.83. The second-order valence-corrected chi connectivity index (χ2v) is 6.94. The van der Waals surface area contributed by atoms with Gasteiger partial charge in [0.05, 0.1) is 6.10 Å². The molecule has 0 saturated carbocycles. The Morgan fingerprint density at radius 3 is 2.67 bits per heavy atom. The van der Waals surface area contributed by atoms with E-state index in [-0.39, 0.29) is 11.3 Å². The minimum Gasteiger partial charge on any atom is -0.376 e. The minimum atomic E-state index is -3.75. The molecule has 0 spiro atoms. The van der Waals surface area contributed by atoms with Crippen molar-refractivity contribution in [1.82, 2.24) is 20.6 Å². The zero-order valence-corrected chi connectivity index (χ0v) is 12.2. The molecule has 1 aliphatic rings. The van der Waals surface area contributed by atoms with E-state index >= 15 is 0 Å². The molecule has 2 heterocycles. The Morgan fingerprint density at radius 2 is 2.05 bits per heavy atom. The van der Waals surface area contributed by atoms with Crippen LogP contribution in [0.3, 0.4) is 0 Å². The molecule has 1 fully saturated rings. The number of nitrogens with one attached hydrogen (secondary N) is 1. The molecular weight excluding hydrogens is 292 g/mol. The highest BCUT2D eigenvalue weighted by Crippen LogP contribution is 2.35. The van der Waals surface area contributed by atoms with E-state index in [0.29, 0.717) is 18.6 Å². The maximum absolute atomic E-state index is 12.8. The fraction of sp³-hybridized carbons (Fsp3) is 0.462. The van der Waals surface area contributed by atoms with Crippen LogP contribution in [0.25, 0.3) is 0 Å². The minimum absolute atomic E-state index is 0.287. The molecule has 2 atom stereocenters. The van der Waals surface area contributed by atoms with Gasteiger partial charge in [0.1, 0.15) is 5.25 Å². The summed E-state index contributed by atoms with van der Waals surface area (Å²) >= 11 is 0. The predicted octanol–water partition coefficient (Wildman–Crippen LogP) is 1.28. The molecule has 1 N–H and O–H groups in total. The van der Waals surface area contributed by atoms with Gasteiger partial charge in [-0.25, -0.2) is 8.42 Å². The van der Waals surface area contributed by atoms with Crippen molar-refractivity contribution >= 4 is 9.84 Å². The van der Waals surface area contributed by atoms with E-state index in [4.69, 9.17) is 4.74 Å². The molecule has 21 heavy (non-hydrogen) atoms. The first-order chi connectivity index (χ1) is 10.2. The van der Waals surface area contributed by atoms with Gasteiger partial charge in [-0.15, -0.1) is 5.10 Å². The predicted molar refractivity (Wildman–Crippen MR) is 74.1 cm³/mol. The molecule has 0 aliphatic carbocycles. The molecule has 1 aromatic heterocycles. The number of hydrogen-bond acceptors (Lipinski definition) is 6. The number of nitrogens with zero attached hydrogens (tertiary/aromatic N) is 3. The van der Waals surface area contributed by atoms with Crippen LogP contribution in [0, 0.1) is 0 Å². The van der Waals surface area contributed by atoms with Gasteiger partial charge in [-0.3, -0.25) is 0 Å². The van der Waals surface area contributed by atoms with Crippen LogP contribution in [-0.2, 0) is 14.6 Å². The zero-order valence-electron chi connectivity index (χ0n) is 11.3. The average molecular weight is 308 g/mol. The van der Waals surface area contributed by atoms with Gasteiger partial charge in [0.25, 0.3) is 5.16 Å². The number of aromatic nitrogens is 4. The van der Waals surface area contributed by atoms with Gasteiger partial charge >= 0.3 is 0 Å². The number of H-pyrrole nitrogens is 1. The maximum Gasteiger partial charge on any atom is 0.288 e. The van der Waals surface area contributed by atoms with E-state index in [0.717, 1.165) is 12.8 Å². The smallest absolute Gasteiger partial charge is 0.288 e. The Morgan fingerprint density at radius 1 is 1.24 bits per heavy atom. The summed E-state index contributed by atoms with van der Waals surface area (Å²) in [5.41, 5.74) is 0.689. The van der Waals surface area contributed by atoms with Gasteiger partial charge in [-0.2, -0.15) is 5.21 Å². The van der Waals surface area contributed by atoms with E-state index in [1.165, 1.54) is 0 Å². The number of benzene rings is 1. The Kier molecular flexibility index (Phi) is 3.98. The highest BCUT2D eigenvalue weighted by Gasteiger charge is 2.40. The maximum atomic E-state index is 12.8. The van der Waals surface area contributed by atoms with Gasteiger partial charge in [0.2, 0.25) is 9.84 Å². The monoisotopic (exact) mass is 308 g/mol. The second-order valence-electron chi connectivity index (χ2n) is 4.98. The molecule has 1 aromatic carbocycles. The van der Waals surface area contributed by atoms with Crippen LogP contribution in [-0.4, -0.2) is 41.8 Å². The summed E-state index contributed by atoms with van der Waals surface area (Å²) < 4.78 is 31.4. The largest absolute Gasteiger partial charge is 0.376 e. The quantitative estimate of drug-likeness (QED) is 0.913. The van der Waals surface area contributed by atoms with Crippen LogP contribution in [0.1, 0.15) is 30.1 Å². The third-order valence-electron chi connectivity index (χ3n) is 3.60. The van der Waals surface area contributed by atoms with Crippen LogP contribution in [0.4, 0.5) is 0 Å². The molecule has 0 bridgehead atoms. The van der Waals surface area contributed by atoms with Crippen molar-refractivity contribution in [1.29, 1.82) is 0 Å². The summed E-state index contributed by atoms with van der Waals surface area (Å²) in [5.74, 6) is 0. The van der Waals surface area contributed by atoms with Gasteiger partial charge in [-0.05, 0) is 30.0 Å². The lowest BCUT2D eigenvalue weighted by Crippen LogP contribution is -2.32. The molecule has 112 valence electrons. The van der Waals surface area contributed by atoms with Gasteiger partial charge in [0.15, 0.2) is 0 Å². The summed E-state index contributed by atoms with van der Waals surface area (Å²) in [6.45, 7) is 0.579. The van der Waals surface area contributed by atoms with Gasteiger partial charge in [-0.1, -0.05) is 35.4 Å². The Hall–Kier alpha value is -1.80. The molecule has 7 nitrogen and oxygen atoms in total. The van der Waals surface area contributed by atoms with E-state index < -0.39 is 15.1 Å². The van der Waals surface area contributed by atoms with Gasteiger partial charge in [0, 0.05) is 6.61 Å². The van der Waals surface area contributed by atoms with Crippen LogP contribution < -0.4 is 0 Å². The Labute approximate surface area is 122 Å². The number of rotatable bonds is 4. The standard InChI is InChI=1S/C13H16N4O3S/c18-21(19,13-14-16-17-15-13)12(10-6-2-1-3-7-10)11-8-4-5-9-20-11/h1-3,6-7,11-12H,4-5,8-9H2,(H,14,15,16,17). The van der Waals surface area contributed by atoms with Crippen LogP contribution in [0.5, 0.6) is 0 Å². The van der Waals surface area contributed by atoms with Crippen molar-refractivity contribution in [2.45, 2.75) is 35.8 Å². The topological polar surface area (TPSA) is 97.8 Å². The SMILES string of the molecule is O=S(=O)(c1nn[nH]n1)C(c1ccccc1)C1CCCCO1. The lowest BCUT2D eigenvalue weighted by molar-refractivity contribution is 0.0132. The molecule has 0 amide bonds. The Balaban J connectivity index is 2.04. The van der Waals surface area contributed by atoms with E-state index in [9.17, 15) is 8.42 Å². The molecule has 1 aliphatic heterocycles. The van der Waals surface area contributed by atoms with Crippen LogP contribution >= 0.6 is 0 Å². The number of aromatic amines is 1. The molecule has 3 rings (SSSR count). The van der Waals surface area contributed by atoms with Crippen molar-refractivity contribution in [3.05, 3.63) is 35.9 Å². The lowest BCUT2D eigenvalue weighted by Gasteiger charge is -2.29. The molecule has 2 aromatic rings. The van der Waals surface area contributed by atoms with Crippen molar-refractivity contribution in [2.24, 2.45) is 0 Å². The van der Waals surface area contributed by atoms with E-state index in [1.54, 1.807) is 12.1 Å². The molecule has 0 radical (unpaired) electrons. The fourth-order valence-corrected chi connectivity index (χ4v) is 4.31. The molecular formula is C13H16N4O3S. The van der Waals surface area contributed by atoms with Crippen molar-refractivity contribution < 1.29 is 13.2 Å². The number of hydrogen-bond donors (Lipinski definition) is 1. The third-order valence-corrected chi connectivity index (χ3v) is 5.52. The van der Waals surface area contributed by atoms with E-state index in [1.807, 2.05) is 18.2 Å². The highest BCUT2D eigenvalue weighted by molar-refractivity contribution is 7.91. The summed E-state index contributed by atoms with van der Waals surface area (Å²) in [7, 11) is -3.75. The average Bonchev–Trinajstić information content (AvgIpc) is 3.04. The molecule has 8 heteroatoms. The normalized spacial score (nSPS) is 21.0. The summed E-state index contributed by atoms with van der Waals surface area (Å²) in [4.78, 5) is 0. The first-order valence-corrected chi connectivity index (χ1v) is 8.38. The highest BCUT2D eigenvalue weighted by atomic mass is 32.2. The van der Waals surface area contributed by atoms with E-state index in [2.05, 4.69) is 20.6 Å². The number of tetrazole rings is 1. The molecule has 2 unspecified atom stereocenters. The number of sulfone groups is 1. The van der Waals surface area contributed by atoms with Crippen molar-refractivity contribution in [2.75, 3.05) is 6.61 Å². The van der Waals surface area contributed by atoms with Gasteiger partial charge < -0.3 is 4.74 Å². The Bertz CT molecular complexity index is 667. The third kappa shape index (κ3) is 2.81. The fourth-order valence-electron chi connectivity index (χ4n) is 2.63. The second kappa shape index (κ2) is 5.90. The summed E-state index contributed by atoms with van der Waals surface area (Å²) in [5, 5.41) is 11.7. The number of ether oxygens (including phenoxy) is 1. The lowest BCUT2D eigenvalue weighted by atomic mass is 10.0. The summed E-state index contributed by atoms with van der Waals surface area (Å²) in [6, 6.07) is 9.07. The van der Waals surface area contributed by atoms with Crippen LogP contribution in [0.2, 0.25) is 0 Å². The van der Waals surface area contributed by atoms with Crippen molar-refractivity contribution in [3.63, 3.8) is 0 Å². The van der Waals surface area contributed by atoms with Crippen molar-refractivity contribution in [3.8, 4) is 0 Å². The first kappa shape index (κ1) is 14.2. The summed E-state index contributed by atoms with van der Waals surface area (Å²) in [6.07, 6.45) is 2.23. The molecule has 1 saturated heterocycles. The zero-order chi connectivity index (χ0) is 14.7.